The van der Waals surface area contributed by atoms with Gasteiger partial charge >= 0.3 is 0 Å². The van der Waals surface area contributed by atoms with Gasteiger partial charge in [-0.1, -0.05) is 6.07 Å². The van der Waals surface area contributed by atoms with Gasteiger partial charge in [0.25, 0.3) is 5.69 Å². The van der Waals surface area contributed by atoms with E-state index in [1.54, 1.807) is 0 Å². The molecule has 18 heavy (non-hydrogen) atoms. The Bertz CT molecular complexity index is 580. The van der Waals surface area contributed by atoms with Crippen LogP contribution >= 0.6 is 0 Å². The summed E-state index contributed by atoms with van der Waals surface area (Å²) in [5.41, 5.74) is 0.570. The smallest absolute Gasteiger partial charge is 0.295 e. The highest BCUT2D eigenvalue weighted by Gasteiger charge is 2.17. The first kappa shape index (κ1) is 12.1. The lowest BCUT2D eigenvalue weighted by Gasteiger charge is -2.08. The third-order valence-corrected chi connectivity index (χ3v) is 2.69. The van der Waals surface area contributed by atoms with E-state index in [0.717, 1.165) is 5.69 Å². The van der Waals surface area contributed by atoms with Gasteiger partial charge in [-0.15, -0.1) is 0 Å². The quantitative estimate of drug-likeness (QED) is 0.669. The average Bonchev–Trinajstić information content (AvgIpc) is 2.73. The standard InChI is InChI=1S/C12H12FN3O2/c1-15-7-3-4-9(15)8-14-12-10(13)5-2-6-11(12)16(17)18/h2-7,14H,8H2,1H3. The van der Waals surface area contributed by atoms with Crippen LogP contribution in [0.25, 0.3) is 0 Å². The first-order chi connectivity index (χ1) is 8.59. The highest BCUT2D eigenvalue weighted by atomic mass is 19.1. The summed E-state index contributed by atoms with van der Waals surface area (Å²) in [6.07, 6.45) is 1.85. The number of hydrogen-bond donors (Lipinski definition) is 1. The van der Waals surface area contributed by atoms with E-state index >= 15 is 0 Å². The second kappa shape index (κ2) is 4.87. The molecule has 1 N–H and O–H groups in total. The minimum Gasteiger partial charge on any atom is -0.372 e. The summed E-state index contributed by atoms with van der Waals surface area (Å²) in [6, 6.07) is 7.50. The van der Waals surface area contributed by atoms with Gasteiger partial charge in [0.1, 0.15) is 5.69 Å². The van der Waals surface area contributed by atoms with Gasteiger partial charge in [-0.25, -0.2) is 4.39 Å². The van der Waals surface area contributed by atoms with Gasteiger partial charge in [0, 0.05) is 25.0 Å². The number of nitro groups is 1. The van der Waals surface area contributed by atoms with E-state index in [2.05, 4.69) is 5.32 Å². The van der Waals surface area contributed by atoms with Crippen LogP contribution in [0.1, 0.15) is 5.69 Å². The molecule has 0 bridgehead atoms. The fourth-order valence-electron chi connectivity index (χ4n) is 1.70. The predicted molar refractivity (Wildman–Crippen MR) is 65.8 cm³/mol. The maximum Gasteiger partial charge on any atom is 0.295 e. The van der Waals surface area contributed by atoms with Gasteiger partial charge in [0.05, 0.1) is 11.5 Å². The molecule has 2 rings (SSSR count). The minimum absolute atomic E-state index is 0.0799. The lowest BCUT2D eigenvalue weighted by molar-refractivity contribution is -0.384. The molecule has 1 aromatic heterocycles. The fourth-order valence-corrected chi connectivity index (χ4v) is 1.70. The topological polar surface area (TPSA) is 60.1 Å². The zero-order valence-electron chi connectivity index (χ0n) is 9.76. The molecule has 0 radical (unpaired) electrons. The van der Waals surface area contributed by atoms with Crippen molar-refractivity contribution in [3.8, 4) is 0 Å². The van der Waals surface area contributed by atoms with E-state index in [0.29, 0.717) is 6.54 Å². The number of para-hydroxylation sites is 1. The minimum atomic E-state index is -0.626. The number of nitrogens with one attached hydrogen (secondary N) is 1. The molecule has 0 saturated carbocycles. The fraction of sp³-hybridized carbons (Fsp3) is 0.167. The van der Waals surface area contributed by atoms with Crippen LogP contribution in [-0.4, -0.2) is 9.49 Å². The van der Waals surface area contributed by atoms with Gasteiger partial charge in [-0.05, 0) is 18.2 Å². The Morgan fingerprint density at radius 2 is 2.17 bits per heavy atom. The number of hydrogen-bond acceptors (Lipinski definition) is 3. The third kappa shape index (κ3) is 2.32. The molecule has 94 valence electrons. The van der Waals surface area contributed by atoms with Crippen molar-refractivity contribution in [2.45, 2.75) is 6.54 Å². The van der Waals surface area contributed by atoms with Crippen molar-refractivity contribution in [1.82, 2.24) is 4.57 Å². The summed E-state index contributed by atoms with van der Waals surface area (Å²) in [7, 11) is 1.85. The SMILES string of the molecule is Cn1cccc1CNc1c(F)cccc1[N+](=O)[O-]. The molecular formula is C12H12FN3O2. The Morgan fingerprint density at radius 1 is 1.39 bits per heavy atom. The lowest BCUT2D eigenvalue weighted by atomic mass is 10.2. The number of anilines is 1. The second-order valence-corrected chi connectivity index (χ2v) is 3.86. The maximum atomic E-state index is 13.6. The number of rotatable bonds is 4. The number of benzene rings is 1. The predicted octanol–water partition coefficient (Wildman–Crippen LogP) is 2.68. The second-order valence-electron chi connectivity index (χ2n) is 3.86. The van der Waals surface area contributed by atoms with E-state index < -0.39 is 10.7 Å². The third-order valence-electron chi connectivity index (χ3n) is 2.69. The number of nitrogens with zero attached hydrogens (tertiary/aromatic N) is 2. The van der Waals surface area contributed by atoms with E-state index in [-0.39, 0.29) is 11.4 Å². The average molecular weight is 249 g/mol. The molecule has 5 nitrogen and oxygen atoms in total. The number of aromatic nitrogens is 1. The summed E-state index contributed by atoms with van der Waals surface area (Å²) in [5, 5.41) is 13.6. The molecule has 0 fully saturated rings. The molecule has 0 unspecified atom stereocenters. The van der Waals surface area contributed by atoms with Crippen molar-refractivity contribution in [2.75, 3.05) is 5.32 Å². The molecule has 0 aliphatic rings. The van der Waals surface area contributed by atoms with Crippen LogP contribution in [0.4, 0.5) is 15.8 Å². The monoisotopic (exact) mass is 249 g/mol. The molecule has 0 saturated heterocycles. The molecule has 0 aliphatic carbocycles. The largest absolute Gasteiger partial charge is 0.372 e. The van der Waals surface area contributed by atoms with Crippen LogP contribution in [0, 0.1) is 15.9 Å². The molecule has 1 heterocycles. The van der Waals surface area contributed by atoms with E-state index in [4.69, 9.17) is 0 Å². The van der Waals surface area contributed by atoms with Crippen molar-refractivity contribution >= 4 is 11.4 Å². The molecule has 6 heteroatoms. The summed E-state index contributed by atoms with van der Waals surface area (Å²) < 4.78 is 15.4. The number of aryl methyl sites for hydroxylation is 1. The maximum absolute atomic E-state index is 13.6. The van der Waals surface area contributed by atoms with Crippen LogP contribution in [0.2, 0.25) is 0 Å². The van der Waals surface area contributed by atoms with Crippen LogP contribution in [-0.2, 0) is 13.6 Å². The van der Waals surface area contributed by atoms with Crippen LogP contribution in [0.5, 0.6) is 0 Å². The molecule has 0 aliphatic heterocycles. The van der Waals surface area contributed by atoms with E-state index in [1.807, 2.05) is 29.9 Å². The van der Waals surface area contributed by atoms with E-state index in [1.165, 1.54) is 18.2 Å². The summed E-state index contributed by atoms with van der Waals surface area (Å²) >= 11 is 0. The molecule has 0 spiro atoms. The summed E-state index contributed by atoms with van der Waals surface area (Å²) in [4.78, 5) is 10.2. The summed E-state index contributed by atoms with van der Waals surface area (Å²) in [6.45, 7) is 0.325. The number of nitro benzene ring substituents is 1. The molecule has 1 aromatic carbocycles. The van der Waals surface area contributed by atoms with Crippen LogP contribution in [0.3, 0.4) is 0 Å². The Morgan fingerprint density at radius 3 is 2.78 bits per heavy atom. The van der Waals surface area contributed by atoms with Gasteiger partial charge < -0.3 is 9.88 Å². The lowest BCUT2D eigenvalue weighted by Crippen LogP contribution is -2.07. The first-order valence-corrected chi connectivity index (χ1v) is 5.36. The first-order valence-electron chi connectivity index (χ1n) is 5.36. The van der Waals surface area contributed by atoms with Gasteiger partial charge in [0.15, 0.2) is 5.82 Å². The van der Waals surface area contributed by atoms with Crippen molar-refractivity contribution < 1.29 is 9.31 Å². The zero-order valence-corrected chi connectivity index (χ0v) is 9.76. The summed E-state index contributed by atoms with van der Waals surface area (Å²) in [5.74, 6) is -0.626. The van der Waals surface area contributed by atoms with Gasteiger partial charge in [-0.2, -0.15) is 0 Å². The highest BCUT2D eigenvalue weighted by Crippen LogP contribution is 2.27. The molecular weight excluding hydrogens is 237 g/mol. The Kier molecular flexibility index (Phi) is 3.27. The van der Waals surface area contributed by atoms with Crippen LogP contribution < -0.4 is 5.32 Å². The highest BCUT2D eigenvalue weighted by molar-refractivity contribution is 5.62. The normalized spacial score (nSPS) is 10.3. The van der Waals surface area contributed by atoms with Crippen molar-refractivity contribution in [3.63, 3.8) is 0 Å². The van der Waals surface area contributed by atoms with Crippen molar-refractivity contribution in [3.05, 3.63) is 58.2 Å². The Balaban J connectivity index is 2.24. The van der Waals surface area contributed by atoms with Crippen LogP contribution in [0.15, 0.2) is 36.5 Å². The van der Waals surface area contributed by atoms with Crippen molar-refractivity contribution in [2.24, 2.45) is 7.05 Å². The van der Waals surface area contributed by atoms with Gasteiger partial charge in [0.2, 0.25) is 0 Å². The van der Waals surface area contributed by atoms with Gasteiger partial charge in [-0.3, -0.25) is 10.1 Å². The molecule has 0 atom stereocenters. The Hall–Kier alpha value is -2.37. The molecule has 2 aromatic rings. The van der Waals surface area contributed by atoms with Crippen molar-refractivity contribution in [1.29, 1.82) is 0 Å². The molecule has 0 amide bonds. The number of halogens is 1. The van der Waals surface area contributed by atoms with E-state index in [9.17, 15) is 14.5 Å². The zero-order chi connectivity index (χ0) is 13.1. The Labute approximate surface area is 103 Å².